The number of rotatable bonds is 15. The first-order valence-electron chi connectivity index (χ1n) is 17.5. The SMILES string of the molecule is C[C@@H]1[C@@H](NC(=O)[C@@H]2[C@H]([C@H](C)O)[C@H](CO)ON2Cc2cccc(CN(CCCc3ccccc3)CCN(C)C)c2)C[C@H]2C[C@@H]1C2(C)C. The molecule has 3 N–H and O–H groups in total. The average molecular weight is 635 g/mol. The Balaban J connectivity index is 1.26. The second-order valence-corrected chi connectivity index (χ2v) is 15.2. The van der Waals surface area contributed by atoms with E-state index < -0.39 is 24.2 Å². The molecular weight excluding hydrogens is 576 g/mol. The van der Waals surface area contributed by atoms with E-state index in [1.165, 1.54) is 17.5 Å². The van der Waals surface area contributed by atoms with E-state index in [1.54, 1.807) is 12.0 Å². The van der Waals surface area contributed by atoms with Gasteiger partial charge in [0, 0.05) is 31.6 Å². The zero-order chi connectivity index (χ0) is 33.0. The van der Waals surface area contributed by atoms with Crippen LogP contribution in [0, 0.1) is 29.1 Å². The molecule has 2 aromatic carbocycles. The largest absolute Gasteiger partial charge is 0.394 e. The van der Waals surface area contributed by atoms with Crippen LogP contribution in [0.4, 0.5) is 0 Å². The van der Waals surface area contributed by atoms with E-state index in [2.05, 4.69) is 105 Å². The van der Waals surface area contributed by atoms with Gasteiger partial charge in [0.15, 0.2) is 0 Å². The van der Waals surface area contributed by atoms with Crippen molar-refractivity contribution in [3.8, 4) is 0 Å². The lowest BCUT2D eigenvalue weighted by Crippen LogP contribution is -2.62. The lowest BCUT2D eigenvalue weighted by molar-refractivity contribution is -0.183. The van der Waals surface area contributed by atoms with Crippen LogP contribution in [0.1, 0.15) is 63.6 Å². The first-order chi connectivity index (χ1) is 22.0. The van der Waals surface area contributed by atoms with Gasteiger partial charge in [0.25, 0.3) is 0 Å². The van der Waals surface area contributed by atoms with Crippen LogP contribution in [0.15, 0.2) is 54.6 Å². The highest BCUT2D eigenvalue weighted by atomic mass is 16.7. The maximum atomic E-state index is 14.0. The maximum absolute atomic E-state index is 14.0. The molecule has 8 nitrogen and oxygen atoms in total. The number of carbonyl (C=O) groups is 1. The number of hydrogen-bond acceptors (Lipinski definition) is 7. The molecule has 2 bridgehead atoms. The molecule has 3 aliphatic carbocycles. The number of likely N-dealkylation sites (N-methyl/N-ethyl adjacent to an activating group) is 1. The number of hydrogen-bond donors (Lipinski definition) is 3. The summed E-state index contributed by atoms with van der Waals surface area (Å²) >= 11 is 0. The van der Waals surface area contributed by atoms with E-state index in [4.69, 9.17) is 4.84 Å². The van der Waals surface area contributed by atoms with Crippen LogP contribution in [-0.2, 0) is 29.1 Å². The number of fused-ring (bicyclic) bond motifs is 2. The Morgan fingerprint density at radius 2 is 1.76 bits per heavy atom. The van der Waals surface area contributed by atoms with Gasteiger partial charge in [-0.15, -0.1) is 0 Å². The van der Waals surface area contributed by atoms with Crippen molar-refractivity contribution in [2.45, 2.75) is 90.8 Å². The molecule has 0 unspecified atom stereocenters. The van der Waals surface area contributed by atoms with Crippen LogP contribution in [0.2, 0.25) is 0 Å². The van der Waals surface area contributed by atoms with E-state index in [0.29, 0.717) is 29.7 Å². The van der Waals surface area contributed by atoms with Crippen molar-refractivity contribution in [1.29, 1.82) is 0 Å². The molecule has 8 atom stereocenters. The zero-order valence-electron chi connectivity index (χ0n) is 28.9. The summed E-state index contributed by atoms with van der Waals surface area (Å²) in [5, 5.41) is 26.1. The molecule has 4 fully saturated rings. The van der Waals surface area contributed by atoms with Gasteiger partial charge in [-0.05, 0) is 93.1 Å². The topological polar surface area (TPSA) is 88.5 Å². The number of aryl methyl sites for hydroxylation is 1. The number of carbonyl (C=O) groups excluding carboxylic acids is 1. The number of hydroxylamine groups is 2. The molecular formula is C38H58N4O4. The maximum Gasteiger partial charge on any atom is 0.240 e. The van der Waals surface area contributed by atoms with Crippen molar-refractivity contribution in [3.05, 3.63) is 71.3 Å². The van der Waals surface area contributed by atoms with Gasteiger partial charge in [-0.3, -0.25) is 14.5 Å². The Hall–Kier alpha value is -2.33. The molecule has 254 valence electrons. The van der Waals surface area contributed by atoms with Crippen LogP contribution in [0.5, 0.6) is 0 Å². The number of nitrogens with one attached hydrogen (secondary N) is 1. The predicted octanol–water partition coefficient (Wildman–Crippen LogP) is 4.34. The molecule has 1 aliphatic heterocycles. The minimum Gasteiger partial charge on any atom is -0.394 e. The molecule has 1 saturated heterocycles. The van der Waals surface area contributed by atoms with Crippen molar-refractivity contribution < 1.29 is 19.8 Å². The molecule has 0 radical (unpaired) electrons. The first kappa shape index (κ1) is 35.0. The Kier molecular flexibility index (Phi) is 11.6. The van der Waals surface area contributed by atoms with E-state index in [1.807, 2.05) is 0 Å². The van der Waals surface area contributed by atoms with Crippen molar-refractivity contribution in [2.75, 3.05) is 40.3 Å². The summed E-state index contributed by atoms with van der Waals surface area (Å²) in [7, 11) is 4.23. The van der Waals surface area contributed by atoms with Crippen LogP contribution < -0.4 is 5.32 Å². The van der Waals surface area contributed by atoms with Crippen molar-refractivity contribution in [3.63, 3.8) is 0 Å². The lowest BCUT2D eigenvalue weighted by Gasteiger charge is -2.62. The fourth-order valence-electron chi connectivity index (χ4n) is 8.51. The fraction of sp³-hybridized carbons (Fsp3) is 0.658. The number of aliphatic hydroxyl groups excluding tert-OH is 2. The molecule has 46 heavy (non-hydrogen) atoms. The summed E-state index contributed by atoms with van der Waals surface area (Å²) in [4.78, 5) is 25.0. The summed E-state index contributed by atoms with van der Waals surface area (Å²) in [6.45, 7) is 12.7. The lowest BCUT2D eigenvalue weighted by atomic mass is 9.45. The molecule has 4 aliphatic rings. The minimum absolute atomic E-state index is 0.109. The van der Waals surface area contributed by atoms with E-state index in [0.717, 1.165) is 51.0 Å². The Morgan fingerprint density at radius 3 is 2.41 bits per heavy atom. The Bertz CT molecular complexity index is 1270. The van der Waals surface area contributed by atoms with E-state index in [-0.39, 0.29) is 18.6 Å². The number of nitrogens with zero attached hydrogens (tertiary/aromatic N) is 3. The monoisotopic (exact) mass is 634 g/mol. The van der Waals surface area contributed by atoms with Gasteiger partial charge < -0.3 is 20.4 Å². The smallest absolute Gasteiger partial charge is 0.240 e. The Labute approximate surface area is 277 Å². The fourth-order valence-corrected chi connectivity index (χ4v) is 8.51. The van der Waals surface area contributed by atoms with Gasteiger partial charge in [0.05, 0.1) is 19.3 Å². The second-order valence-electron chi connectivity index (χ2n) is 15.2. The normalized spacial score (nSPS) is 29.6. The van der Waals surface area contributed by atoms with Crippen LogP contribution in [0.25, 0.3) is 0 Å². The third-order valence-corrected chi connectivity index (χ3v) is 11.4. The van der Waals surface area contributed by atoms with Gasteiger partial charge in [-0.1, -0.05) is 75.4 Å². The summed E-state index contributed by atoms with van der Waals surface area (Å²) in [6.07, 6.45) is 2.95. The van der Waals surface area contributed by atoms with Gasteiger partial charge >= 0.3 is 0 Å². The number of benzene rings is 2. The summed E-state index contributed by atoms with van der Waals surface area (Å²) in [5.74, 6) is 1.01. The average Bonchev–Trinajstić information content (AvgIpc) is 3.39. The van der Waals surface area contributed by atoms with Gasteiger partial charge in [-0.2, -0.15) is 5.06 Å². The van der Waals surface area contributed by atoms with E-state index >= 15 is 0 Å². The van der Waals surface area contributed by atoms with Gasteiger partial charge in [0.2, 0.25) is 5.91 Å². The third-order valence-electron chi connectivity index (χ3n) is 11.4. The predicted molar refractivity (Wildman–Crippen MR) is 183 cm³/mol. The highest BCUT2D eigenvalue weighted by Crippen LogP contribution is 2.61. The molecule has 0 spiro atoms. The highest BCUT2D eigenvalue weighted by molar-refractivity contribution is 5.82. The second kappa shape index (κ2) is 15.3. The number of aliphatic hydroxyl groups is 2. The molecule has 8 heteroatoms. The van der Waals surface area contributed by atoms with Crippen LogP contribution in [-0.4, -0.2) is 95.6 Å². The van der Waals surface area contributed by atoms with Gasteiger partial charge in [-0.25, -0.2) is 0 Å². The van der Waals surface area contributed by atoms with Crippen LogP contribution >= 0.6 is 0 Å². The van der Waals surface area contributed by atoms with Gasteiger partial charge in [0.1, 0.15) is 12.1 Å². The highest BCUT2D eigenvalue weighted by Gasteiger charge is 2.57. The third kappa shape index (κ3) is 8.03. The van der Waals surface area contributed by atoms with Crippen molar-refractivity contribution in [1.82, 2.24) is 20.2 Å². The summed E-state index contributed by atoms with van der Waals surface area (Å²) < 4.78 is 0. The van der Waals surface area contributed by atoms with E-state index in [9.17, 15) is 15.0 Å². The molecule has 1 amide bonds. The summed E-state index contributed by atoms with van der Waals surface area (Å²) in [5.41, 5.74) is 3.97. The molecule has 3 saturated carbocycles. The molecule has 0 aromatic heterocycles. The summed E-state index contributed by atoms with van der Waals surface area (Å²) in [6, 6.07) is 18.6. The zero-order valence-corrected chi connectivity index (χ0v) is 28.9. The molecule has 1 heterocycles. The molecule has 2 aromatic rings. The minimum atomic E-state index is -0.804. The Morgan fingerprint density at radius 1 is 1.04 bits per heavy atom. The van der Waals surface area contributed by atoms with Crippen molar-refractivity contribution >= 4 is 5.91 Å². The van der Waals surface area contributed by atoms with Crippen molar-refractivity contribution in [2.24, 2.45) is 29.1 Å². The first-order valence-corrected chi connectivity index (χ1v) is 17.5. The quantitative estimate of drug-likeness (QED) is 0.269. The standard InChI is InChI=1S/C38H58N4O4/c1-26-32-21-31(38(32,3)4)22-33(26)39-37(45)36-35(27(2)44)34(25-43)46-42(36)24-30-15-10-14-29(20-30)23-41(19-18-40(5)6)17-11-16-28-12-8-7-9-13-28/h7-10,12-15,20,26-27,31-36,43-44H,11,16-19,21-25H2,1-6H3,(H,39,45)/t26-,27-,31+,32-,33-,34-,35+,36-/m0/s1. The van der Waals surface area contributed by atoms with Crippen LogP contribution in [0.3, 0.4) is 0 Å². The molecule has 6 rings (SSSR count). The number of amides is 1.